The van der Waals surface area contributed by atoms with Crippen LogP contribution in [0.5, 0.6) is 0 Å². The lowest BCUT2D eigenvalue weighted by atomic mass is 10.0. The molecule has 5 heteroatoms. The van der Waals surface area contributed by atoms with E-state index in [1.54, 1.807) is 11.3 Å². The summed E-state index contributed by atoms with van der Waals surface area (Å²) in [5, 5.41) is 14.9. The molecule has 0 saturated heterocycles. The van der Waals surface area contributed by atoms with Crippen molar-refractivity contribution in [2.75, 3.05) is 6.54 Å². The van der Waals surface area contributed by atoms with Gasteiger partial charge in [-0.25, -0.2) is 0 Å². The molecule has 112 valence electrons. The number of amides is 1. The van der Waals surface area contributed by atoms with Crippen molar-refractivity contribution in [1.29, 1.82) is 0 Å². The van der Waals surface area contributed by atoms with Crippen LogP contribution in [0.4, 0.5) is 0 Å². The van der Waals surface area contributed by atoms with E-state index in [0.717, 1.165) is 22.1 Å². The van der Waals surface area contributed by atoms with Crippen LogP contribution in [0, 0.1) is 5.92 Å². The number of thiophene rings is 1. The lowest BCUT2D eigenvalue weighted by Crippen LogP contribution is -2.33. The number of hydrogen-bond acceptors (Lipinski definition) is 3. The van der Waals surface area contributed by atoms with E-state index in [4.69, 9.17) is 5.11 Å². The van der Waals surface area contributed by atoms with Crippen LogP contribution in [-0.4, -0.2) is 23.5 Å². The summed E-state index contributed by atoms with van der Waals surface area (Å²) in [5.74, 6) is -1.47. The van der Waals surface area contributed by atoms with E-state index >= 15 is 0 Å². The van der Waals surface area contributed by atoms with Gasteiger partial charge < -0.3 is 10.4 Å². The number of carboxylic acids is 1. The van der Waals surface area contributed by atoms with Gasteiger partial charge in [-0.05, 0) is 28.8 Å². The lowest BCUT2D eigenvalue weighted by molar-refractivity contribution is -0.141. The predicted octanol–water partition coefficient (Wildman–Crippen LogP) is 3.06. The molecular weight excluding hydrogens is 286 g/mol. The van der Waals surface area contributed by atoms with Crippen molar-refractivity contribution in [3.05, 3.63) is 35.2 Å². The Bertz CT molecular complexity index is 635. The third kappa shape index (κ3) is 4.04. The molecule has 0 spiro atoms. The lowest BCUT2D eigenvalue weighted by Gasteiger charge is -2.12. The fourth-order valence-electron chi connectivity index (χ4n) is 2.30. The van der Waals surface area contributed by atoms with Gasteiger partial charge in [0.1, 0.15) is 0 Å². The van der Waals surface area contributed by atoms with Crippen molar-refractivity contribution in [2.45, 2.75) is 26.2 Å². The molecule has 1 heterocycles. The number of aliphatic carboxylic acids is 1. The number of hydrogen-bond donors (Lipinski definition) is 2. The van der Waals surface area contributed by atoms with Gasteiger partial charge >= 0.3 is 5.97 Å². The number of fused-ring (bicyclic) bond motifs is 1. The molecule has 0 fully saturated rings. The number of nitrogens with one attached hydrogen (secondary N) is 1. The van der Waals surface area contributed by atoms with Gasteiger partial charge in [0.2, 0.25) is 5.91 Å². The zero-order valence-electron chi connectivity index (χ0n) is 12.0. The average Bonchev–Trinajstić information content (AvgIpc) is 2.86. The maximum atomic E-state index is 12.0. The normalized spacial score (nSPS) is 12.2. The van der Waals surface area contributed by atoms with Crippen LogP contribution in [-0.2, 0) is 16.0 Å². The van der Waals surface area contributed by atoms with Crippen molar-refractivity contribution in [2.24, 2.45) is 5.92 Å². The van der Waals surface area contributed by atoms with Crippen molar-refractivity contribution in [3.8, 4) is 0 Å². The van der Waals surface area contributed by atoms with E-state index in [2.05, 4.69) is 5.32 Å². The van der Waals surface area contributed by atoms with Crippen LogP contribution in [0.15, 0.2) is 29.6 Å². The summed E-state index contributed by atoms with van der Waals surface area (Å²) in [5.41, 5.74) is 0.996. The Kier molecular flexibility index (Phi) is 5.33. The Morgan fingerprint density at radius 3 is 2.81 bits per heavy atom. The summed E-state index contributed by atoms with van der Waals surface area (Å²) in [6, 6.07) is 7.97. The first-order chi connectivity index (χ1) is 10.1. The van der Waals surface area contributed by atoms with Gasteiger partial charge in [-0.15, -0.1) is 11.3 Å². The molecule has 0 aliphatic carbocycles. The summed E-state index contributed by atoms with van der Waals surface area (Å²) in [6.07, 6.45) is 1.67. The minimum Gasteiger partial charge on any atom is -0.481 e. The highest BCUT2D eigenvalue weighted by molar-refractivity contribution is 7.17. The molecule has 1 unspecified atom stereocenters. The third-order valence-electron chi connectivity index (χ3n) is 3.44. The summed E-state index contributed by atoms with van der Waals surface area (Å²) in [7, 11) is 0. The maximum absolute atomic E-state index is 12.0. The Morgan fingerprint density at radius 1 is 1.33 bits per heavy atom. The van der Waals surface area contributed by atoms with E-state index in [1.165, 1.54) is 0 Å². The maximum Gasteiger partial charge on any atom is 0.308 e. The number of carbonyl (C=O) groups excluding carboxylic acids is 1. The fraction of sp³-hybridized carbons (Fsp3) is 0.375. The van der Waals surface area contributed by atoms with E-state index in [1.807, 2.05) is 36.6 Å². The Hall–Kier alpha value is -1.88. The van der Waals surface area contributed by atoms with Gasteiger partial charge in [0, 0.05) is 11.2 Å². The topological polar surface area (TPSA) is 66.4 Å². The molecule has 1 atom stereocenters. The predicted molar refractivity (Wildman–Crippen MR) is 84.6 cm³/mol. The molecule has 4 nitrogen and oxygen atoms in total. The van der Waals surface area contributed by atoms with Crippen molar-refractivity contribution in [1.82, 2.24) is 5.32 Å². The summed E-state index contributed by atoms with van der Waals surface area (Å²) in [6.45, 7) is 2.14. The standard InChI is InChI=1S/C16H19NO3S/c1-2-5-11(16(19)20)9-17-15(18)8-12-10-21-14-7-4-3-6-13(12)14/h3-4,6-7,10-11H,2,5,8-9H2,1H3,(H,17,18)(H,19,20). The largest absolute Gasteiger partial charge is 0.481 e. The smallest absolute Gasteiger partial charge is 0.308 e. The quantitative estimate of drug-likeness (QED) is 0.826. The van der Waals surface area contributed by atoms with Gasteiger partial charge in [-0.3, -0.25) is 9.59 Å². The van der Waals surface area contributed by atoms with E-state index in [9.17, 15) is 9.59 Å². The van der Waals surface area contributed by atoms with Crippen molar-refractivity contribution >= 4 is 33.3 Å². The second-order valence-corrected chi connectivity index (χ2v) is 5.97. The minimum absolute atomic E-state index is 0.124. The molecule has 0 aliphatic rings. The first-order valence-electron chi connectivity index (χ1n) is 7.06. The van der Waals surface area contributed by atoms with Gasteiger partial charge in [0.25, 0.3) is 0 Å². The highest BCUT2D eigenvalue weighted by Crippen LogP contribution is 2.25. The molecule has 0 aliphatic heterocycles. The van der Waals surface area contributed by atoms with Crippen molar-refractivity contribution in [3.63, 3.8) is 0 Å². The van der Waals surface area contributed by atoms with Crippen LogP contribution >= 0.6 is 11.3 Å². The molecule has 2 N–H and O–H groups in total. The van der Waals surface area contributed by atoms with Gasteiger partial charge in [-0.1, -0.05) is 31.5 Å². The molecule has 21 heavy (non-hydrogen) atoms. The molecule has 2 aromatic rings. The Labute approximate surface area is 127 Å². The number of benzene rings is 1. The molecule has 0 saturated carbocycles. The van der Waals surface area contributed by atoms with Crippen LogP contribution in [0.2, 0.25) is 0 Å². The van der Waals surface area contributed by atoms with E-state index in [0.29, 0.717) is 12.8 Å². The number of rotatable bonds is 7. The van der Waals surface area contributed by atoms with Gasteiger partial charge in [-0.2, -0.15) is 0 Å². The minimum atomic E-state index is -0.849. The van der Waals surface area contributed by atoms with Crippen LogP contribution in [0.3, 0.4) is 0 Å². The second-order valence-electron chi connectivity index (χ2n) is 5.06. The first kappa shape index (κ1) is 15.5. The first-order valence-corrected chi connectivity index (χ1v) is 7.94. The molecule has 0 bridgehead atoms. The molecule has 1 aromatic heterocycles. The summed E-state index contributed by atoms with van der Waals surface area (Å²) in [4.78, 5) is 23.0. The van der Waals surface area contributed by atoms with E-state index < -0.39 is 11.9 Å². The number of carboxylic acid groups (broad SMARTS) is 1. The van der Waals surface area contributed by atoms with E-state index in [-0.39, 0.29) is 12.5 Å². The monoisotopic (exact) mass is 305 g/mol. The molecule has 1 aromatic carbocycles. The highest BCUT2D eigenvalue weighted by atomic mass is 32.1. The summed E-state index contributed by atoms with van der Waals surface area (Å²) < 4.78 is 1.16. The van der Waals surface area contributed by atoms with Crippen LogP contribution < -0.4 is 5.32 Å². The zero-order chi connectivity index (χ0) is 15.2. The molecule has 2 rings (SSSR count). The van der Waals surface area contributed by atoms with Crippen molar-refractivity contribution < 1.29 is 14.7 Å². The average molecular weight is 305 g/mol. The van der Waals surface area contributed by atoms with Gasteiger partial charge in [0.05, 0.1) is 12.3 Å². The Morgan fingerprint density at radius 2 is 2.10 bits per heavy atom. The molecular formula is C16H19NO3S. The molecule has 0 radical (unpaired) electrons. The third-order valence-corrected chi connectivity index (χ3v) is 4.46. The zero-order valence-corrected chi connectivity index (χ0v) is 12.8. The Balaban J connectivity index is 1.94. The van der Waals surface area contributed by atoms with Crippen LogP contribution in [0.1, 0.15) is 25.3 Å². The highest BCUT2D eigenvalue weighted by Gasteiger charge is 2.17. The molecule has 1 amide bonds. The second kappa shape index (κ2) is 7.22. The SMILES string of the molecule is CCCC(CNC(=O)Cc1csc2ccccc12)C(=O)O. The number of carbonyl (C=O) groups is 2. The van der Waals surface area contributed by atoms with Gasteiger partial charge in [0.15, 0.2) is 0 Å². The van der Waals surface area contributed by atoms with Crippen LogP contribution in [0.25, 0.3) is 10.1 Å². The summed E-state index contributed by atoms with van der Waals surface area (Å²) >= 11 is 1.62. The fourth-order valence-corrected chi connectivity index (χ4v) is 3.27.